The Morgan fingerprint density at radius 1 is 1.44 bits per heavy atom. The van der Waals surface area contributed by atoms with Crippen molar-refractivity contribution in [3.05, 3.63) is 34.9 Å². The minimum absolute atomic E-state index is 0.311. The van der Waals surface area contributed by atoms with Crippen molar-refractivity contribution >= 4 is 17.5 Å². The van der Waals surface area contributed by atoms with E-state index >= 15 is 0 Å². The molecule has 0 bridgehead atoms. The summed E-state index contributed by atoms with van der Waals surface area (Å²) in [7, 11) is 0. The average molecular weight is 267 g/mol. The van der Waals surface area contributed by atoms with Crippen molar-refractivity contribution in [3.8, 4) is 0 Å². The molecule has 0 radical (unpaired) electrons. The number of hydrogen-bond donors (Lipinski definition) is 2. The number of hydrogen-bond acceptors (Lipinski definition) is 2. The molecule has 1 fully saturated rings. The van der Waals surface area contributed by atoms with Crippen molar-refractivity contribution in [2.75, 3.05) is 0 Å². The lowest BCUT2D eigenvalue weighted by molar-refractivity contribution is -0.123. The summed E-state index contributed by atoms with van der Waals surface area (Å²) in [4.78, 5) is 11.2. The highest BCUT2D eigenvalue weighted by molar-refractivity contribution is 6.30. The first-order valence-electron chi connectivity index (χ1n) is 6.21. The van der Waals surface area contributed by atoms with Crippen LogP contribution in [0.15, 0.2) is 24.3 Å². The Labute approximate surface area is 113 Å². The van der Waals surface area contributed by atoms with Crippen LogP contribution >= 0.6 is 11.6 Å². The van der Waals surface area contributed by atoms with Crippen LogP contribution in [0.3, 0.4) is 0 Å². The summed E-state index contributed by atoms with van der Waals surface area (Å²) in [6.45, 7) is 3.64. The predicted octanol–water partition coefficient (Wildman–Crippen LogP) is 2.44. The van der Waals surface area contributed by atoms with Crippen molar-refractivity contribution in [3.63, 3.8) is 0 Å². The third-order valence-corrected chi connectivity index (χ3v) is 3.87. The first-order chi connectivity index (χ1) is 8.38. The van der Waals surface area contributed by atoms with E-state index < -0.39 is 5.54 Å². The third kappa shape index (κ3) is 2.85. The molecule has 4 heteroatoms. The minimum Gasteiger partial charge on any atom is -0.368 e. The fourth-order valence-corrected chi connectivity index (χ4v) is 2.55. The highest BCUT2D eigenvalue weighted by Gasteiger charge is 2.36. The summed E-state index contributed by atoms with van der Waals surface area (Å²) in [6, 6.07) is 8.34. The zero-order valence-corrected chi connectivity index (χ0v) is 11.5. The molecule has 0 heterocycles. The van der Waals surface area contributed by atoms with Gasteiger partial charge in [0.15, 0.2) is 0 Å². The second kappa shape index (κ2) is 4.90. The molecular formula is C14H19ClN2O. The van der Waals surface area contributed by atoms with Gasteiger partial charge in [0.2, 0.25) is 5.91 Å². The van der Waals surface area contributed by atoms with Crippen molar-refractivity contribution in [1.29, 1.82) is 0 Å². The SMILES string of the molecule is CC(C)(NC1CC(c2cccc(Cl)c2)C1)C(N)=O. The molecule has 0 spiro atoms. The average Bonchev–Trinajstić information content (AvgIpc) is 2.22. The number of carbonyl (C=O) groups is 1. The molecule has 0 saturated heterocycles. The highest BCUT2D eigenvalue weighted by atomic mass is 35.5. The van der Waals surface area contributed by atoms with E-state index in [1.807, 2.05) is 32.0 Å². The second-order valence-electron chi connectivity index (χ2n) is 5.55. The van der Waals surface area contributed by atoms with E-state index in [0.717, 1.165) is 17.9 Å². The van der Waals surface area contributed by atoms with E-state index in [1.165, 1.54) is 5.56 Å². The molecule has 0 unspecified atom stereocenters. The molecule has 0 aliphatic heterocycles. The maximum Gasteiger partial charge on any atom is 0.237 e. The quantitative estimate of drug-likeness (QED) is 0.880. The van der Waals surface area contributed by atoms with Gasteiger partial charge in [-0.1, -0.05) is 23.7 Å². The maximum atomic E-state index is 11.2. The van der Waals surface area contributed by atoms with Gasteiger partial charge in [0.1, 0.15) is 0 Å². The van der Waals surface area contributed by atoms with E-state index in [0.29, 0.717) is 12.0 Å². The van der Waals surface area contributed by atoms with Gasteiger partial charge in [0.05, 0.1) is 5.54 Å². The van der Waals surface area contributed by atoms with Crippen LogP contribution in [0.1, 0.15) is 38.2 Å². The first kappa shape index (κ1) is 13.4. The standard InChI is InChI=1S/C14H19ClN2O/c1-14(2,13(16)18)17-12-7-10(8-12)9-4-3-5-11(15)6-9/h3-6,10,12,17H,7-8H2,1-2H3,(H2,16,18). The number of amides is 1. The molecule has 1 aromatic rings. The van der Waals surface area contributed by atoms with Crippen molar-refractivity contribution < 1.29 is 4.79 Å². The lowest BCUT2D eigenvalue weighted by Gasteiger charge is -2.40. The van der Waals surface area contributed by atoms with Crippen LogP contribution in [0.4, 0.5) is 0 Å². The second-order valence-corrected chi connectivity index (χ2v) is 5.99. The number of halogens is 1. The van der Waals surface area contributed by atoms with Crippen LogP contribution in [-0.2, 0) is 4.79 Å². The fourth-order valence-electron chi connectivity index (χ4n) is 2.35. The summed E-state index contributed by atoms with van der Waals surface area (Å²) in [5, 5.41) is 4.08. The number of carbonyl (C=O) groups excluding carboxylic acids is 1. The highest BCUT2D eigenvalue weighted by Crippen LogP contribution is 2.38. The van der Waals surface area contributed by atoms with Gasteiger partial charge in [-0.25, -0.2) is 0 Å². The molecule has 0 aromatic heterocycles. The third-order valence-electron chi connectivity index (χ3n) is 3.64. The molecule has 0 atom stereocenters. The Morgan fingerprint density at radius 2 is 2.11 bits per heavy atom. The Kier molecular flexibility index (Phi) is 3.64. The predicted molar refractivity (Wildman–Crippen MR) is 73.6 cm³/mol. The van der Waals surface area contributed by atoms with E-state index in [9.17, 15) is 4.79 Å². The monoisotopic (exact) mass is 266 g/mol. The maximum absolute atomic E-state index is 11.2. The molecule has 1 aliphatic rings. The first-order valence-corrected chi connectivity index (χ1v) is 6.59. The van der Waals surface area contributed by atoms with Crippen LogP contribution in [0, 0.1) is 0 Å². The molecular weight excluding hydrogens is 248 g/mol. The molecule has 1 amide bonds. The van der Waals surface area contributed by atoms with Crippen LogP contribution in [0.2, 0.25) is 5.02 Å². The van der Waals surface area contributed by atoms with E-state index in [2.05, 4.69) is 11.4 Å². The summed E-state index contributed by atoms with van der Waals surface area (Å²) in [5.74, 6) is 0.221. The Morgan fingerprint density at radius 3 is 2.67 bits per heavy atom. The van der Waals surface area contributed by atoms with Gasteiger partial charge in [-0.3, -0.25) is 4.79 Å². The Hall–Kier alpha value is -1.06. The van der Waals surface area contributed by atoms with Crippen molar-refractivity contribution in [2.24, 2.45) is 5.73 Å². The summed E-state index contributed by atoms with van der Waals surface area (Å²) >= 11 is 5.98. The van der Waals surface area contributed by atoms with Gasteiger partial charge in [-0.2, -0.15) is 0 Å². The molecule has 3 nitrogen and oxygen atoms in total. The van der Waals surface area contributed by atoms with Crippen molar-refractivity contribution in [2.45, 2.75) is 44.2 Å². The van der Waals surface area contributed by atoms with Crippen LogP contribution < -0.4 is 11.1 Å². The van der Waals surface area contributed by atoms with Gasteiger partial charge >= 0.3 is 0 Å². The van der Waals surface area contributed by atoms with Gasteiger partial charge < -0.3 is 11.1 Å². The fraction of sp³-hybridized carbons (Fsp3) is 0.500. The summed E-state index contributed by atoms with van der Waals surface area (Å²) in [5.41, 5.74) is 5.98. The molecule has 18 heavy (non-hydrogen) atoms. The molecule has 1 aliphatic carbocycles. The Bertz CT molecular complexity index is 453. The van der Waals surface area contributed by atoms with Gasteiger partial charge in [0, 0.05) is 11.1 Å². The minimum atomic E-state index is -0.635. The Balaban J connectivity index is 1.90. The molecule has 98 valence electrons. The molecule has 1 aromatic carbocycles. The number of rotatable bonds is 4. The molecule has 1 saturated carbocycles. The smallest absolute Gasteiger partial charge is 0.237 e. The van der Waals surface area contributed by atoms with E-state index in [4.69, 9.17) is 17.3 Å². The van der Waals surface area contributed by atoms with E-state index in [1.54, 1.807) is 0 Å². The summed E-state index contributed by atoms with van der Waals surface area (Å²) < 4.78 is 0. The zero-order valence-electron chi connectivity index (χ0n) is 10.7. The zero-order chi connectivity index (χ0) is 13.3. The summed E-state index contributed by atoms with van der Waals surface area (Å²) in [6.07, 6.45) is 2.05. The topological polar surface area (TPSA) is 55.1 Å². The van der Waals surface area contributed by atoms with Gasteiger partial charge in [-0.15, -0.1) is 0 Å². The number of nitrogens with two attached hydrogens (primary N) is 1. The molecule has 3 N–H and O–H groups in total. The number of nitrogens with one attached hydrogen (secondary N) is 1. The number of primary amides is 1. The lowest BCUT2D eigenvalue weighted by atomic mass is 9.75. The number of benzene rings is 1. The van der Waals surface area contributed by atoms with Gasteiger partial charge in [-0.05, 0) is 50.3 Å². The van der Waals surface area contributed by atoms with Crippen LogP contribution in [0.5, 0.6) is 0 Å². The van der Waals surface area contributed by atoms with Crippen LogP contribution in [0.25, 0.3) is 0 Å². The largest absolute Gasteiger partial charge is 0.368 e. The van der Waals surface area contributed by atoms with Gasteiger partial charge in [0.25, 0.3) is 0 Å². The lowest BCUT2D eigenvalue weighted by Crippen LogP contribution is -2.57. The van der Waals surface area contributed by atoms with E-state index in [-0.39, 0.29) is 5.91 Å². The van der Waals surface area contributed by atoms with Crippen molar-refractivity contribution in [1.82, 2.24) is 5.32 Å². The molecule has 2 rings (SSSR count). The van der Waals surface area contributed by atoms with Crippen LogP contribution in [-0.4, -0.2) is 17.5 Å². The normalized spacial score (nSPS) is 23.5.